The fourth-order valence-corrected chi connectivity index (χ4v) is 0.778. The summed E-state index contributed by atoms with van der Waals surface area (Å²) in [5.74, 6) is 0. The summed E-state index contributed by atoms with van der Waals surface area (Å²) >= 11 is 0. The van der Waals surface area contributed by atoms with Crippen LogP contribution in [0.5, 0.6) is 0 Å². The Balaban J connectivity index is 2.70. The number of allylic oxidation sites excluding steroid dienone is 1. The summed E-state index contributed by atoms with van der Waals surface area (Å²) < 4.78 is 0. The predicted molar refractivity (Wildman–Crippen MR) is 50.5 cm³/mol. The lowest BCUT2D eigenvalue weighted by atomic mass is 10.2. The number of nitrogens with zero attached hydrogens (tertiary/aromatic N) is 2. The fourth-order valence-electron chi connectivity index (χ4n) is 0.778. The highest BCUT2D eigenvalue weighted by atomic mass is 15.1. The van der Waals surface area contributed by atoms with Gasteiger partial charge >= 0.3 is 0 Å². The van der Waals surface area contributed by atoms with Gasteiger partial charge in [0.25, 0.3) is 0 Å². The van der Waals surface area contributed by atoms with Gasteiger partial charge < -0.3 is 0 Å². The largest absolute Gasteiger partial charge is 0.159 e. The summed E-state index contributed by atoms with van der Waals surface area (Å²) in [6.45, 7) is 3.96. The molecule has 0 aromatic heterocycles. The van der Waals surface area contributed by atoms with Crippen molar-refractivity contribution in [3.05, 3.63) is 42.1 Å². The lowest BCUT2D eigenvalue weighted by Gasteiger charge is -1.91. The van der Waals surface area contributed by atoms with Gasteiger partial charge in [-0.25, -0.2) is 0 Å². The monoisotopic (exact) mass is 160 g/mol. The van der Waals surface area contributed by atoms with Crippen molar-refractivity contribution in [3.8, 4) is 0 Å². The van der Waals surface area contributed by atoms with Crippen LogP contribution < -0.4 is 0 Å². The van der Waals surface area contributed by atoms with E-state index < -0.39 is 0 Å². The second-order valence-corrected chi connectivity index (χ2v) is 2.53. The number of hydrogen-bond acceptors (Lipinski definition) is 2. The Morgan fingerprint density at radius 2 is 1.83 bits per heavy atom. The van der Waals surface area contributed by atoms with Gasteiger partial charge in [-0.15, -0.1) is 0 Å². The van der Waals surface area contributed by atoms with Crippen LogP contribution in [0.3, 0.4) is 0 Å². The van der Waals surface area contributed by atoms with E-state index in [0.29, 0.717) is 0 Å². The van der Waals surface area contributed by atoms with Gasteiger partial charge in [-0.05, 0) is 26.0 Å². The molecule has 0 bridgehead atoms. The third-order valence-corrected chi connectivity index (χ3v) is 1.42. The summed E-state index contributed by atoms with van der Waals surface area (Å²) in [6, 6.07) is 7.93. The molecule has 0 aliphatic heterocycles. The van der Waals surface area contributed by atoms with Crippen LogP contribution >= 0.6 is 0 Å². The Labute approximate surface area is 72.6 Å². The molecule has 0 atom stereocenters. The standard InChI is InChI=1S/C10H12N2/c1-3-8-11-12-10-6-4-9(2)5-7-10/h3-8H,1-2H3/b8-3+,12-11+. The highest BCUT2D eigenvalue weighted by molar-refractivity contribution is 5.37. The highest BCUT2D eigenvalue weighted by Crippen LogP contribution is 2.12. The molecule has 0 amide bonds. The van der Waals surface area contributed by atoms with Crippen molar-refractivity contribution in [1.29, 1.82) is 0 Å². The maximum atomic E-state index is 3.98. The first-order valence-electron chi connectivity index (χ1n) is 3.91. The minimum atomic E-state index is 0.888. The van der Waals surface area contributed by atoms with Gasteiger partial charge in [0.1, 0.15) is 0 Å². The molecular formula is C10H12N2. The molecule has 2 nitrogen and oxygen atoms in total. The van der Waals surface area contributed by atoms with Crippen molar-refractivity contribution in [3.63, 3.8) is 0 Å². The first-order chi connectivity index (χ1) is 5.83. The van der Waals surface area contributed by atoms with Crippen molar-refractivity contribution < 1.29 is 0 Å². The summed E-state index contributed by atoms with van der Waals surface area (Å²) in [7, 11) is 0. The number of aryl methyl sites for hydroxylation is 1. The Hall–Kier alpha value is -1.44. The molecule has 0 heterocycles. The van der Waals surface area contributed by atoms with Crippen molar-refractivity contribution >= 4 is 5.69 Å². The van der Waals surface area contributed by atoms with Gasteiger partial charge in [0.15, 0.2) is 0 Å². The van der Waals surface area contributed by atoms with E-state index in [1.165, 1.54) is 5.56 Å². The molecular weight excluding hydrogens is 148 g/mol. The Kier molecular flexibility index (Phi) is 3.20. The van der Waals surface area contributed by atoms with Crippen molar-refractivity contribution in [2.24, 2.45) is 10.2 Å². The molecule has 1 aromatic carbocycles. The van der Waals surface area contributed by atoms with Gasteiger partial charge in [0.2, 0.25) is 0 Å². The molecule has 0 aliphatic rings. The van der Waals surface area contributed by atoms with E-state index in [-0.39, 0.29) is 0 Å². The number of benzene rings is 1. The zero-order valence-corrected chi connectivity index (χ0v) is 7.36. The molecule has 0 aliphatic carbocycles. The highest BCUT2D eigenvalue weighted by Gasteiger charge is 1.85. The van der Waals surface area contributed by atoms with Crippen LogP contribution in [0.15, 0.2) is 46.8 Å². The zero-order valence-electron chi connectivity index (χ0n) is 7.36. The third kappa shape index (κ3) is 2.66. The van der Waals surface area contributed by atoms with Crippen molar-refractivity contribution in [1.82, 2.24) is 0 Å². The second kappa shape index (κ2) is 4.44. The Morgan fingerprint density at radius 1 is 1.17 bits per heavy atom. The van der Waals surface area contributed by atoms with Gasteiger partial charge in [-0.2, -0.15) is 10.2 Å². The predicted octanol–water partition coefficient (Wildman–Crippen LogP) is 3.61. The zero-order chi connectivity index (χ0) is 8.81. The number of azo groups is 1. The maximum Gasteiger partial charge on any atom is 0.0857 e. The van der Waals surface area contributed by atoms with E-state index in [2.05, 4.69) is 10.2 Å². The molecule has 0 saturated carbocycles. The molecule has 0 unspecified atom stereocenters. The van der Waals surface area contributed by atoms with E-state index in [4.69, 9.17) is 0 Å². The van der Waals surface area contributed by atoms with Gasteiger partial charge in [-0.1, -0.05) is 23.8 Å². The lowest BCUT2D eigenvalue weighted by molar-refractivity contribution is 1.22. The van der Waals surface area contributed by atoms with Crippen LogP contribution in [0.4, 0.5) is 5.69 Å². The van der Waals surface area contributed by atoms with Gasteiger partial charge in [0, 0.05) is 6.20 Å². The molecule has 0 saturated heterocycles. The van der Waals surface area contributed by atoms with E-state index >= 15 is 0 Å². The first kappa shape index (κ1) is 8.65. The van der Waals surface area contributed by atoms with Crippen LogP contribution in [0.25, 0.3) is 0 Å². The molecule has 0 radical (unpaired) electrons. The van der Waals surface area contributed by atoms with Gasteiger partial charge in [0.05, 0.1) is 5.69 Å². The number of hydrogen-bond donors (Lipinski definition) is 0. The molecule has 1 aromatic rings. The molecule has 2 heteroatoms. The molecule has 1 rings (SSSR count). The second-order valence-electron chi connectivity index (χ2n) is 2.53. The minimum Gasteiger partial charge on any atom is -0.159 e. The van der Waals surface area contributed by atoms with Crippen LogP contribution in [0.2, 0.25) is 0 Å². The average Bonchev–Trinajstić information content (AvgIpc) is 2.09. The van der Waals surface area contributed by atoms with E-state index in [1.807, 2.05) is 44.2 Å². The summed E-state index contributed by atoms with van der Waals surface area (Å²) in [5.41, 5.74) is 2.12. The topological polar surface area (TPSA) is 24.7 Å². The molecule has 12 heavy (non-hydrogen) atoms. The normalized spacial score (nSPS) is 11.5. The molecule has 0 N–H and O–H groups in total. The van der Waals surface area contributed by atoms with Crippen LogP contribution in [-0.2, 0) is 0 Å². The molecule has 0 fully saturated rings. The summed E-state index contributed by atoms with van der Waals surface area (Å²) in [6.07, 6.45) is 3.51. The molecule has 0 spiro atoms. The van der Waals surface area contributed by atoms with E-state index in [1.54, 1.807) is 6.20 Å². The third-order valence-electron chi connectivity index (χ3n) is 1.42. The number of rotatable bonds is 2. The Bertz CT molecular complexity index is 283. The van der Waals surface area contributed by atoms with Gasteiger partial charge in [-0.3, -0.25) is 0 Å². The van der Waals surface area contributed by atoms with Crippen LogP contribution in [0.1, 0.15) is 12.5 Å². The van der Waals surface area contributed by atoms with Crippen molar-refractivity contribution in [2.75, 3.05) is 0 Å². The lowest BCUT2D eigenvalue weighted by Crippen LogP contribution is -1.67. The average molecular weight is 160 g/mol. The SMILES string of the molecule is C/C=C/N=N/c1ccc(C)cc1. The maximum absolute atomic E-state index is 3.98. The summed E-state index contributed by atoms with van der Waals surface area (Å²) in [5, 5.41) is 7.81. The van der Waals surface area contributed by atoms with Crippen LogP contribution in [0, 0.1) is 6.92 Å². The Morgan fingerprint density at radius 3 is 2.42 bits per heavy atom. The minimum absolute atomic E-state index is 0.888. The quantitative estimate of drug-likeness (QED) is 0.590. The fraction of sp³-hybridized carbons (Fsp3) is 0.200. The van der Waals surface area contributed by atoms with Crippen molar-refractivity contribution in [2.45, 2.75) is 13.8 Å². The van der Waals surface area contributed by atoms with E-state index in [0.717, 1.165) is 5.69 Å². The van der Waals surface area contributed by atoms with E-state index in [9.17, 15) is 0 Å². The van der Waals surface area contributed by atoms with Crippen LogP contribution in [-0.4, -0.2) is 0 Å². The molecule has 62 valence electrons. The first-order valence-corrected chi connectivity index (χ1v) is 3.91. The summed E-state index contributed by atoms with van der Waals surface area (Å²) in [4.78, 5) is 0. The smallest absolute Gasteiger partial charge is 0.0857 e.